The van der Waals surface area contributed by atoms with Gasteiger partial charge in [0.2, 0.25) is 0 Å². The Balaban J connectivity index is 2.35. The van der Waals surface area contributed by atoms with Gasteiger partial charge in [0, 0.05) is 12.2 Å². The molecule has 1 aromatic carbocycles. The fourth-order valence-corrected chi connectivity index (χ4v) is 4.45. The van der Waals surface area contributed by atoms with Gasteiger partial charge in [-0.05, 0) is 48.8 Å². The molecule has 0 saturated heterocycles. The molecule has 1 aliphatic carbocycles. The number of hydrogen-bond acceptors (Lipinski definition) is 2. The van der Waals surface area contributed by atoms with Crippen molar-refractivity contribution in [3.63, 3.8) is 0 Å². The maximum atomic E-state index is 12.2. The predicted molar refractivity (Wildman–Crippen MR) is 99.6 cm³/mol. The Kier molecular flexibility index (Phi) is 6.59. The Hall–Kier alpha value is -1.19. The van der Waals surface area contributed by atoms with Gasteiger partial charge < -0.3 is 4.74 Å². The van der Waals surface area contributed by atoms with Crippen molar-refractivity contribution in [1.82, 2.24) is 4.90 Å². The van der Waals surface area contributed by atoms with Crippen molar-refractivity contribution in [2.45, 2.75) is 51.5 Å². The summed E-state index contributed by atoms with van der Waals surface area (Å²) in [5, 5.41) is 1.14. The molecule has 0 N–H and O–H groups in total. The molecule has 2 atom stereocenters. The second kappa shape index (κ2) is 8.26. The van der Waals surface area contributed by atoms with Crippen molar-refractivity contribution in [3.8, 4) is 0 Å². The number of methoxy groups -OCH3 is 1. The van der Waals surface area contributed by atoms with Gasteiger partial charge in [0.1, 0.15) is 0 Å². The van der Waals surface area contributed by atoms with Gasteiger partial charge in [-0.15, -0.1) is 0 Å². The molecule has 0 bridgehead atoms. The van der Waals surface area contributed by atoms with Crippen LogP contribution in [0.1, 0.15) is 44.6 Å². The van der Waals surface area contributed by atoms with Gasteiger partial charge in [-0.25, -0.2) is 4.79 Å². The van der Waals surface area contributed by atoms with Crippen LogP contribution in [-0.2, 0) is 11.2 Å². The lowest BCUT2D eigenvalue weighted by Gasteiger charge is -2.40. The molecule has 3 nitrogen and oxygen atoms in total. The highest BCUT2D eigenvalue weighted by Crippen LogP contribution is 2.48. The van der Waals surface area contributed by atoms with Gasteiger partial charge in [0.25, 0.3) is 0 Å². The average Bonchev–Trinajstić information content (AvgIpc) is 2.95. The minimum Gasteiger partial charge on any atom is -0.452 e. The van der Waals surface area contributed by atoms with Crippen LogP contribution in [-0.4, -0.2) is 24.1 Å². The second-order valence-corrected chi connectivity index (χ2v) is 7.32. The number of hydrogen-bond donors (Lipinski definition) is 0. The number of nitrogens with zero attached hydrogens (tertiary/aromatic N) is 1. The lowest BCUT2D eigenvalue weighted by molar-refractivity contribution is 0.0844. The smallest absolute Gasteiger partial charge is 0.413 e. The SMILES string of the molecule is C=CN(C(=O)OC)C1CCCC1(CCC)Cc1ccc(Cl)c(Cl)c1. The molecule has 1 aromatic rings. The Morgan fingerprint density at radius 2 is 2.21 bits per heavy atom. The first-order valence-electron chi connectivity index (χ1n) is 8.40. The zero-order chi connectivity index (χ0) is 17.7. The summed E-state index contributed by atoms with van der Waals surface area (Å²) in [6.07, 6.45) is 7.35. The number of ether oxygens (including phenoxy) is 1. The molecule has 0 aromatic heterocycles. The fraction of sp³-hybridized carbons (Fsp3) is 0.526. The first-order valence-corrected chi connectivity index (χ1v) is 9.15. The third-order valence-corrected chi connectivity index (χ3v) is 5.80. The van der Waals surface area contributed by atoms with E-state index in [1.54, 1.807) is 11.1 Å². The normalized spacial score (nSPS) is 23.1. The number of carbonyl (C=O) groups is 1. The quantitative estimate of drug-likeness (QED) is 0.607. The van der Waals surface area contributed by atoms with E-state index >= 15 is 0 Å². The van der Waals surface area contributed by atoms with Gasteiger partial charge in [-0.2, -0.15) is 0 Å². The maximum absolute atomic E-state index is 12.2. The molecular formula is C19H25Cl2NO2. The third-order valence-electron chi connectivity index (χ3n) is 5.07. The summed E-state index contributed by atoms with van der Waals surface area (Å²) in [6.45, 7) is 6.00. The van der Waals surface area contributed by atoms with Gasteiger partial charge in [0.05, 0.1) is 17.2 Å². The molecule has 0 heterocycles. The number of carbonyl (C=O) groups excluding carboxylic acids is 1. The van der Waals surface area contributed by atoms with E-state index < -0.39 is 0 Å². The van der Waals surface area contributed by atoms with E-state index in [9.17, 15) is 4.79 Å². The molecule has 24 heavy (non-hydrogen) atoms. The van der Waals surface area contributed by atoms with E-state index in [2.05, 4.69) is 13.5 Å². The van der Waals surface area contributed by atoms with E-state index in [0.29, 0.717) is 10.0 Å². The van der Waals surface area contributed by atoms with Crippen molar-refractivity contribution in [1.29, 1.82) is 0 Å². The van der Waals surface area contributed by atoms with Gasteiger partial charge >= 0.3 is 6.09 Å². The number of benzene rings is 1. The molecule has 1 fully saturated rings. The Morgan fingerprint density at radius 3 is 2.79 bits per heavy atom. The maximum Gasteiger partial charge on any atom is 0.413 e. The molecular weight excluding hydrogens is 345 g/mol. The number of amides is 1. The van der Waals surface area contributed by atoms with E-state index in [4.69, 9.17) is 27.9 Å². The molecule has 1 amide bonds. The molecule has 5 heteroatoms. The van der Waals surface area contributed by atoms with Crippen LogP contribution in [0.3, 0.4) is 0 Å². The van der Waals surface area contributed by atoms with Crippen molar-refractivity contribution in [2.75, 3.05) is 7.11 Å². The largest absolute Gasteiger partial charge is 0.452 e. The number of halogens is 2. The summed E-state index contributed by atoms with van der Waals surface area (Å²) in [5.41, 5.74) is 1.16. The highest BCUT2D eigenvalue weighted by Gasteiger charge is 2.46. The summed E-state index contributed by atoms with van der Waals surface area (Å²) in [6, 6.07) is 5.90. The molecule has 0 radical (unpaired) electrons. The van der Waals surface area contributed by atoms with E-state index in [0.717, 1.165) is 44.1 Å². The zero-order valence-corrected chi connectivity index (χ0v) is 15.9. The predicted octanol–water partition coefficient (Wildman–Crippen LogP) is 6.09. The highest BCUT2D eigenvalue weighted by molar-refractivity contribution is 6.42. The third kappa shape index (κ3) is 3.89. The Morgan fingerprint density at radius 1 is 1.46 bits per heavy atom. The average molecular weight is 370 g/mol. The van der Waals surface area contributed by atoms with Crippen molar-refractivity contribution < 1.29 is 9.53 Å². The van der Waals surface area contributed by atoms with Crippen molar-refractivity contribution >= 4 is 29.3 Å². The lowest BCUT2D eigenvalue weighted by atomic mass is 9.73. The van der Waals surface area contributed by atoms with Crippen molar-refractivity contribution in [3.05, 3.63) is 46.6 Å². The minimum atomic E-state index is -0.341. The minimum absolute atomic E-state index is 0.00822. The first-order chi connectivity index (χ1) is 11.5. The van der Waals surface area contributed by atoms with E-state index in [1.807, 2.05) is 18.2 Å². The fourth-order valence-electron chi connectivity index (χ4n) is 4.13. The van der Waals surface area contributed by atoms with Crippen LogP contribution in [0.2, 0.25) is 10.0 Å². The summed E-state index contributed by atoms with van der Waals surface area (Å²) in [4.78, 5) is 13.8. The lowest BCUT2D eigenvalue weighted by Crippen LogP contribution is -2.46. The van der Waals surface area contributed by atoms with Crippen LogP contribution in [0.25, 0.3) is 0 Å². The van der Waals surface area contributed by atoms with Gasteiger partial charge in [0.15, 0.2) is 0 Å². The second-order valence-electron chi connectivity index (χ2n) is 6.51. The molecule has 1 aliphatic rings. The standard InChI is InChI=1S/C19H25Cl2NO2/c1-4-10-19(13-14-8-9-15(20)16(21)12-14)11-6-7-17(19)22(5-2)18(23)24-3/h5,8-9,12,17H,2,4,6-7,10-11,13H2,1,3H3. The van der Waals surface area contributed by atoms with Crippen molar-refractivity contribution in [2.24, 2.45) is 5.41 Å². The van der Waals surface area contributed by atoms with Crippen LogP contribution in [0.4, 0.5) is 4.79 Å². The molecule has 132 valence electrons. The van der Waals surface area contributed by atoms with Crippen LogP contribution >= 0.6 is 23.2 Å². The van der Waals surface area contributed by atoms with Crippen LogP contribution in [0, 0.1) is 5.41 Å². The van der Waals surface area contributed by atoms with E-state index in [-0.39, 0.29) is 17.6 Å². The Labute approximate surface area is 154 Å². The van der Waals surface area contributed by atoms with Crippen LogP contribution < -0.4 is 0 Å². The monoisotopic (exact) mass is 369 g/mol. The summed E-state index contributed by atoms with van der Waals surface area (Å²) >= 11 is 12.2. The van der Waals surface area contributed by atoms with Crippen LogP contribution in [0.5, 0.6) is 0 Å². The topological polar surface area (TPSA) is 29.5 Å². The molecule has 2 unspecified atom stereocenters. The zero-order valence-electron chi connectivity index (χ0n) is 14.4. The molecule has 1 saturated carbocycles. The summed E-state index contributed by atoms with van der Waals surface area (Å²) in [7, 11) is 1.41. The summed E-state index contributed by atoms with van der Waals surface area (Å²) < 4.78 is 4.95. The summed E-state index contributed by atoms with van der Waals surface area (Å²) in [5.74, 6) is 0. The van der Waals surface area contributed by atoms with E-state index in [1.165, 1.54) is 7.11 Å². The molecule has 0 aliphatic heterocycles. The first kappa shape index (κ1) is 19.1. The Bertz CT molecular complexity index is 605. The molecule has 2 rings (SSSR count). The van der Waals surface area contributed by atoms with Crippen LogP contribution in [0.15, 0.2) is 31.0 Å². The van der Waals surface area contributed by atoms with Gasteiger partial charge in [-0.1, -0.05) is 55.6 Å². The van der Waals surface area contributed by atoms with Gasteiger partial charge in [-0.3, -0.25) is 4.90 Å². The highest BCUT2D eigenvalue weighted by atomic mass is 35.5. The number of rotatable bonds is 6. The molecule has 0 spiro atoms.